The Hall–Kier alpha value is -1.23. The number of aryl methyl sites for hydroxylation is 1. The summed E-state index contributed by atoms with van der Waals surface area (Å²) in [5.74, 6) is 3.39. The Morgan fingerprint density at radius 1 is 1.47 bits per heavy atom. The molecule has 0 fully saturated rings. The average Bonchev–Trinajstić information content (AvgIpc) is 2.84. The van der Waals surface area contributed by atoms with Crippen LogP contribution >= 0.6 is 11.8 Å². The predicted molar refractivity (Wildman–Crippen MR) is 67.9 cm³/mol. The van der Waals surface area contributed by atoms with Crippen LogP contribution in [0.2, 0.25) is 0 Å². The van der Waals surface area contributed by atoms with Crippen molar-refractivity contribution in [1.29, 1.82) is 0 Å². The minimum absolute atomic E-state index is 0.580. The Kier molecular flexibility index (Phi) is 3.89. The van der Waals surface area contributed by atoms with E-state index in [1.54, 1.807) is 24.4 Å². The van der Waals surface area contributed by atoms with Crippen LogP contribution in [0.15, 0.2) is 28.0 Å². The van der Waals surface area contributed by atoms with Crippen molar-refractivity contribution >= 4 is 11.8 Å². The highest BCUT2D eigenvalue weighted by Gasteiger charge is 2.08. The molecule has 0 aromatic carbocycles. The van der Waals surface area contributed by atoms with E-state index >= 15 is 0 Å². The van der Waals surface area contributed by atoms with E-state index in [1.807, 2.05) is 17.7 Å². The molecule has 0 saturated heterocycles. The summed E-state index contributed by atoms with van der Waals surface area (Å²) in [6.45, 7) is 7.25. The highest BCUT2D eigenvalue weighted by atomic mass is 32.2. The molecule has 0 aliphatic heterocycles. The lowest BCUT2D eigenvalue weighted by Crippen LogP contribution is -2.09. The van der Waals surface area contributed by atoms with Crippen molar-refractivity contribution in [2.45, 2.75) is 38.0 Å². The molecule has 92 valence electrons. The van der Waals surface area contributed by atoms with Crippen molar-refractivity contribution < 1.29 is 4.42 Å². The summed E-state index contributed by atoms with van der Waals surface area (Å²) in [4.78, 5) is 5.47. The maximum atomic E-state index is 5.27. The molecule has 0 bridgehead atoms. The van der Waals surface area contributed by atoms with Gasteiger partial charge in [0.25, 0.3) is 0 Å². The summed E-state index contributed by atoms with van der Waals surface area (Å²) in [5, 5.41) is 4.25. The molecule has 0 atom stereocenters. The molecule has 0 unspecified atom stereocenters. The van der Waals surface area contributed by atoms with Gasteiger partial charge < -0.3 is 4.42 Å². The lowest BCUT2D eigenvalue weighted by Gasteiger charge is -2.07. The van der Waals surface area contributed by atoms with E-state index in [-0.39, 0.29) is 0 Å². The van der Waals surface area contributed by atoms with Gasteiger partial charge in [0, 0.05) is 11.4 Å². The fourth-order valence-corrected chi connectivity index (χ4v) is 2.47. The normalized spacial score (nSPS) is 11.3. The van der Waals surface area contributed by atoms with Crippen molar-refractivity contribution in [3.8, 4) is 0 Å². The lowest BCUT2D eigenvalue weighted by atomic mass is 10.2. The Morgan fingerprint density at radius 2 is 2.29 bits per heavy atom. The van der Waals surface area contributed by atoms with Crippen LogP contribution in [0.4, 0.5) is 0 Å². The van der Waals surface area contributed by atoms with E-state index in [4.69, 9.17) is 4.42 Å². The summed E-state index contributed by atoms with van der Waals surface area (Å²) in [6, 6.07) is 1.99. The molecule has 2 aromatic rings. The third-order valence-electron chi connectivity index (χ3n) is 2.40. The maximum Gasteiger partial charge on any atom is 0.138 e. The minimum Gasteiger partial charge on any atom is -0.468 e. The van der Waals surface area contributed by atoms with Gasteiger partial charge in [-0.25, -0.2) is 9.67 Å². The third-order valence-corrected chi connectivity index (χ3v) is 3.54. The zero-order chi connectivity index (χ0) is 12.3. The largest absolute Gasteiger partial charge is 0.468 e. The number of nitrogens with zero attached hydrogens (tertiary/aromatic N) is 3. The highest BCUT2D eigenvalue weighted by Crippen LogP contribution is 2.25. The molecular weight excluding hydrogens is 234 g/mol. The number of furan rings is 1. The molecule has 0 saturated carbocycles. The van der Waals surface area contributed by atoms with Crippen LogP contribution in [-0.2, 0) is 12.3 Å². The second-order valence-corrected chi connectivity index (χ2v) is 5.40. The molecule has 0 radical (unpaired) electrons. The van der Waals surface area contributed by atoms with Gasteiger partial charge in [-0.1, -0.05) is 13.8 Å². The summed E-state index contributed by atoms with van der Waals surface area (Å²) < 4.78 is 7.24. The molecule has 0 amide bonds. The Labute approximate surface area is 105 Å². The Bertz CT molecular complexity index is 476. The van der Waals surface area contributed by atoms with Crippen molar-refractivity contribution in [3.63, 3.8) is 0 Å². The molecule has 0 aliphatic carbocycles. The van der Waals surface area contributed by atoms with Gasteiger partial charge in [-0.3, -0.25) is 0 Å². The molecule has 2 heterocycles. The molecular formula is C12H17N3OS. The van der Waals surface area contributed by atoms with Gasteiger partial charge in [-0.2, -0.15) is 5.10 Å². The molecule has 0 aliphatic rings. The quantitative estimate of drug-likeness (QED) is 0.766. The van der Waals surface area contributed by atoms with Crippen LogP contribution < -0.4 is 0 Å². The molecule has 2 aromatic heterocycles. The molecule has 0 spiro atoms. The van der Waals surface area contributed by atoms with E-state index in [2.05, 4.69) is 23.9 Å². The maximum absolute atomic E-state index is 5.27. The fraction of sp³-hybridized carbons (Fsp3) is 0.500. The van der Waals surface area contributed by atoms with Gasteiger partial charge >= 0.3 is 0 Å². The Morgan fingerprint density at radius 3 is 2.94 bits per heavy atom. The smallest absolute Gasteiger partial charge is 0.138 e. The van der Waals surface area contributed by atoms with Gasteiger partial charge in [-0.15, -0.1) is 11.8 Å². The van der Waals surface area contributed by atoms with Crippen LogP contribution in [0.1, 0.15) is 25.4 Å². The first-order valence-electron chi connectivity index (χ1n) is 5.70. The first-order chi connectivity index (χ1) is 8.16. The van der Waals surface area contributed by atoms with Crippen LogP contribution in [0.25, 0.3) is 0 Å². The molecule has 4 nitrogen and oxygen atoms in total. The molecule has 17 heavy (non-hydrogen) atoms. The summed E-state index contributed by atoms with van der Waals surface area (Å²) in [7, 11) is 0. The number of aromatic nitrogens is 3. The van der Waals surface area contributed by atoms with E-state index < -0.39 is 0 Å². The predicted octanol–water partition coefficient (Wildman–Crippen LogP) is 3.13. The minimum atomic E-state index is 0.580. The number of hydrogen-bond acceptors (Lipinski definition) is 4. The second kappa shape index (κ2) is 5.40. The fourth-order valence-electron chi connectivity index (χ4n) is 1.56. The van der Waals surface area contributed by atoms with Crippen molar-refractivity contribution in [2.75, 3.05) is 0 Å². The van der Waals surface area contributed by atoms with Crippen molar-refractivity contribution in [2.24, 2.45) is 5.92 Å². The first kappa shape index (κ1) is 12.2. The zero-order valence-corrected chi connectivity index (χ0v) is 11.2. The number of rotatable bonds is 5. The Balaban J connectivity index is 1.99. The number of thioether (sulfide) groups is 1. The summed E-state index contributed by atoms with van der Waals surface area (Å²) >= 11 is 1.74. The van der Waals surface area contributed by atoms with Crippen molar-refractivity contribution in [3.05, 3.63) is 30.2 Å². The zero-order valence-electron chi connectivity index (χ0n) is 10.4. The molecule has 5 heteroatoms. The topological polar surface area (TPSA) is 43.9 Å². The molecule has 2 rings (SSSR count). The van der Waals surface area contributed by atoms with Crippen molar-refractivity contribution in [1.82, 2.24) is 14.8 Å². The van der Waals surface area contributed by atoms with Gasteiger partial charge in [0.1, 0.15) is 17.9 Å². The van der Waals surface area contributed by atoms with Gasteiger partial charge in [0.05, 0.1) is 12.0 Å². The van der Waals surface area contributed by atoms with E-state index in [9.17, 15) is 0 Å². The monoisotopic (exact) mass is 251 g/mol. The van der Waals surface area contributed by atoms with Crippen LogP contribution in [-0.4, -0.2) is 14.8 Å². The van der Waals surface area contributed by atoms with Crippen LogP contribution in [0.3, 0.4) is 0 Å². The second-order valence-electron chi connectivity index (χ2n) is 4.38. The SMILES string of the molecule is Cc1occc1SCc1ncnn1CC(C)C. The lowest BCUT2D eigenvalue weighted by molar-refractivity contribution is 0.471. The highest BCUT2D eigenvalue weighted by molar-refractivity contribution is 7.98. The van der Waals surface area contributed by atoms with Crippen LogP contribution in [0.5, 0.6) is 0 Å². The van der Waals surface area contributed by atoms with E-state index in [0.717, 1.165) is 23.9 Å². The average molecular weight is 251 g/mol. The summed E-state index contributed by atoms with van der Waals surface area (Å²) in [5.41, 5.74) is 0. The molecule has 0 N–H and O–H groups in total. The van der Waals surface area contributed by atoms with Gasteiger partial charge in [0.2, 0.25) is 0 Å². The third kappa shape index (κ3) is 3.12. The van der Waals surface area contributed by atoms with Crippen LogP contribution in [0, 0.1) is 12.8 Å². The number of hydrogen-bond donors (Lipinski definition) is 0. The first-order valence-corrected chi connectivity index (χ1v) is 6.69. The van der Waals surface area contributed by atoms with Gasteiger partial charge in [0.15, 0.2) is 0 Å². The standard InChI is InChI=1S/C12H17N3OS/c1-9(2)6-15-12(13-8-14-15)7-17-11-4-5-16-10(11)3/h4-5,8-9H,6-7H2,1-3H3. The van der Waals surface area contributed by atoms with E-state index in [0.29, 0.717) is 5.92 Å². The van der Waals surface area contributed by atoms with E-state index in [1.165, 1.54) is 4.90 Å². The summed E-state index contributed by atoms with van der Waals surface area (Å²) in [6.07, 6.45) is 3.34. The van der Waals surface area contributed by atoms with Gasteiger partial charge in [-0.05, 0) is 18.9 Å².